The Bertz CT molecular complexity index is 838. The maximum atomic E-state index is 12.8. The number of nitrogens with one attached hydrogen (secondary N) is 2. The van der Waals surface area contributed by atoms with Gasteiger partial charge in [0, 0.05) is 11.8 Å². The first-order chi connectivity index (χ1) is 12.9. The minimum atomic E-state index is -1.03. The normalized spacial score (nSPS) is 14.2. The van der Waals surface area contributed by atoms with Crippen LogP contribution in [-0.4, -0.2) is 40.0 Å². The zero-order chi connectivity index (χ0) is 19.6. The summed E-state index contributed by atoms with van der Waals surface area (Å²) in [6.45, 7) is 5.75. The van der Waals surface area contributed by atoms with Gasteiger partial charge in [-0.2, -0.15) is 0 Å². The third kappa shape index (κ3) is 4.04. The summed E-state index contributed by atoms with van der Waals surface area (Å²) in [5, 5.41) is 12.7. The van der Waals surface area contributed by atoms with Crippen molar-refractivity contribution >= 4 is 24.5 Å². The molecule has 0 radical (unpaired) electrons. The second kappa shape index (κ2) is 7.93. The number of carbonyl (C=O) groups excluding carboxylic acids is 2. The van der Waals surface area contributed by atoms with E-state index in [-0.39, 0.29) is 12.5 Å². The van der Waals surface area contributed by atoms with Crippen molar-refractivity contribution in [3.8, 4) is 0 Å². The Morgan fingerprint density at radius 3 is 2.89 bits per heavy atom. The van der Waals surface area contributed by atoms with Gasteiger partial charge in [0.05, 0.1) is 18.6 Å². The predicted molar refractivity (Wildman–Crippen MR) is 98.1 cm³/mol. The molecule has 3 rings (SSSR count). The maximum Gasteiger partial charge on any atom is 0.492 e. The summed E-state index contributed by atoms with van der Waals surface area (Å²) in [5.41, 5.74) is 3.10. The summed E-state index contributed by atoms with van der Waals surface area (Å²) in [4.78, 5) is 32.0. The predicted octanol–water partition coefficient (Wildman–Crippen LogP) is 0.434. The number of amides is 1. The molecule has 0 bridgehead atoms. The third-order valence-electron chi connectivity index (χ3n) is 4.62. The van der Waals surface area contributed by atoms with Gasteiger partial charge in [0.25, 0.3) is 5.91 Å². The Morgan fingerprint density at radius 1 is 1.44 bits per heavy atom. The highest BCUT2D eigenvalue weighted by Gasteiger charge is 2.32. The van der Waals surface area contributed by atoms with Crippen LogP contribution in [0.3, 0.4) is 0 Å². The van der Waals surface area contributed by atoms with Gasteiger partial charge in [0.2, 0.25) is 0 Å². The van der Waals surface area contributed by atoms with E-state index >= 15 is 0 Å². The Labute approximate surface area is 157 Å². The van der Waals surface area contributed by atoms with Crippen molar-refractivity contribution in [1.82, 2.24) is 15.3 Å². The monoisotopic (exact) mass is 371 g/mol. The van der Waals surface area contributed by atoms with Gasteiger partial charge in [-0.1, -0.05) is 19.9 Å². The van der Waals surface area contributed by atoms with Crippen LogP contribution in [-0.2, 0) is 27.4 Å². The lowest BCUT2D eigenvalue weighted by molar-refractivity contribution is -0.148. The molecular formula is C18H22BN3O5. The number of rotatable bonds is 6. The molecule has 2 aromatic rings. The molecule has 142 valence electrons. The van der Waals surface area contributed by atoms with Crippen molar-refractivity contribution in [3.05, 3.63) is 47.0 Å². The van der Waals surface area contributed by atoms with Gasteiger partial charge in [0.15, 0.2) is 0 Å². The minimum absolute atomic E-state index is 0.0306. The zero-order valence-corrected chi connectivity index (χ0v) is 15.5. The molecule has 0 saturated carbocycles. The molecule has 1 aromatic carbocycles. The topological polar surface area (TPSA) is 114 Å². The van der Waals surface area contributed by atoms with Crippen LogP contribution in [0.1, 0.15) is 41.0 Å². The molecular weight excluding hydrogens is 349 g/mol. The van der Waals surface area contributed by atoms with Gasteiger partial charge in [-0.05, 0) is 35.5 Å². The molecule has 2 heterocycles. The summed E-state index contributed by atoms with van der Waals surface area (Å²) in [6.07, 6.45) is 3.14. The van der Waals surface area contributed by atoms with E-state index in [1.54, 1.807) is 25.3 Å². The smallest absolute Gasteiger partial charge is 0.458 e. The fourth-order valence-electron chi connectivity index (χ4n) is 3.07. The van der Waals surface area contributed by atoms with Gasteiger partial charge in [-0.15, -0.1) is 0 Å². The molecule has 1 aliphatic heterocycles. The van der Waals surface area contributed by atoms with Crippen LogP contribution in [0.25, 0.3) is 0 Å². The first-order valence-electron chi connectivity index (χ1n) is 8.75. The molecule has 1 amide bonds. The lowest BCUT2D eigenvalue weighted by Gasteiger charge is -2.21. The fourth-order valence-corrected chi connectivity index (χ4v) is 3.07. The van der Waals surface area contributed by atoms with Crippen LogP contribution in [0.4, 0.5) is 0 Å². The zero-order valence-electron chi connectivity index (χ0n) is 15.5. The first kappa shape index (κ1) is 19.1. The van der Waals surface area contributed by atoms with Gasteiger partial charge in [0.1, 0.15) is 12.6 Å². The van der Waals surface area contributed by atoms with Crippen LogP contribution in [0, 0.1) is 12.8 Å². The summed E-state index contributed by atoms with van der Waals surface area (Å²) in [5.74, 6) is -1.09. The number of hydrogen-bond acceptors (Lipinski definition) is 6. The van der Waals surface area contributed by atoms with E-state index in [4.69, 9.17) is 9.39 Å². The Hall–Kier alpha value is -2.65. The van der Waals surface area contributed by atoms with Gasteiger partial charge >= 0.3 is 13.1 Å². The Kier molecular flexibility index (Phi) is 5.62. The standard InChI is InChI=1S/C18H22BN3O5/c1-10(2)16(18(24)26-8-13-6-20-9-21-13)22-17(23)14-5-4-12-7-27-19(25)15(12)11(14)3/h4-6,9-10,16,25H,7-8H2,1-3H3,(H,20,21)(H,22,23)/t16-/m0/s1. The van der Waals surface area contributed by atoms with Gasteiger partial charge < -0.3 is 24.7 Å². The average molecular weight is 371 g/mol. The molecule has 0 unspecified atom stereocenters. The Morgan fingerprint density at radius 2 is 2.22 bits per heavy atom. The van der Waals surface area contributed by atoms with E-state index in [0.717, 1.165) is 5.56 Å². The summed E-state index contributed by atoms with van der Waals surface area (Å²) < 4.78 is 10.5. The van der Waals surface area contributed by atoms with Crippen molar-refractivity contribution in [2.45, 2.75) is 40.0 Å². The summed E-state index contributed by atoms with van der Waals surface area (Å²) in [6, 6.07) is 2.63. The second-order valence-corrected chi connectivity index (χ2v) is 6.84. The molecule has 0 fully saturated rings. The first-order valence-corrected chi connectivity index (χ1v) is 8.75. The highest BCUT2D eigenvalue weighted by atomic mass is 16.5. The molecule has 1 aromatic heterocycles. The number of carbonyl (C=O) groups is 2. The molecule has 3 N–H and O–H groups in total. The molecule has 8 nitrogen and oxygen atoms in total. The number of fused-ring (bicyclic) bond motifs is 1. The van der Waals surface area contributed by atoms with Crippen molar-refractivity contribution < 1.29 is 24.0 Å². The number of hydrogen-bond donors (Lipinski definition) is 3. The second-order valence-electron chi connectivity index (χ2n) is 6.84. The lowest BCUT2D eigenvalue weighted by atomic mass is 9.75. The third-order valence-corrected chi connectivity index (χ3v) is 4.62. The Balaban J connectivity index is 1.72. The van der Waals surface area contributed by atoms with Gasteiger partial charge in [-0.25, -0.2) is 9.78 Å². The number of esters is 1. The summed E-state index contributed by atoms with van der Waals surface area (Å²) >= 11 is 0. The fraction of sp³-hybridized carbons (Fsp3) is 0.389. The lowest BCUT2D eigenvalue weighted by Crippen LogP contribution is -2.46. The summed E-state index contributed by atoms with van der Waals surface area (Å²) in [7, 11) is -1.03. The molecule has 27 heavy (non-hydrogen) atoms. The number of imidazole rings is 1. The number of aromatic nitrogens is 2. The van der Waals surface area contributed by atoms with E-state index in [2.05, 4.69) is 15.3 Å². The molecule has 9 heteroatoms. The maximum absolute atomic E-state index is 12.8. The molecule has 0 saturated heterocycles. The van der Waals surface area contributed by atoms with Crippen molar-refractivity contribution in [3.63, 3.8) is 0 Å². The van der Waals surface area contributed by atoms with E-state index in [9.17, 15) is 14.6 Å². The van der Waals surface area contributed by atoms with E-state index in [1.807, 2.05) is 13.8 Å². The van der Waals surface area contributed by atoms with E-state index in [0.29, 0.717) is 28.9 Å². The highest BCUT2D eigenvalue weighted by Crippen LogP contribution is 2.17. The number of benzene rings is 1. The quantitative estimate of drug-likeness (QED) is 0.502. The molecule has 1 aliphatic rings. The minimum Gasteiger partial charge on any atom is -0.458 e. The van der Waals surface area contributed by atoms with Crippen LogP contribution in [0.2, 0.25) is 0 Å². The average Bonchev–Trinajstić information content (AvgIpc) is 3.27. The van der Waals surface area contributed by atoms with Crippen molar-refractivity contribution in [2.75, 3.05) is 0 Å². The van der Waals surface area contributed by atoms with Crippen molar-refractivity contribution in [2.24, 2.45) is 5.92 Å². The SMILES string of the molecule is Cc1c(C(=O)N[C@H](C(=O)OCc2c[nH]cn2)C(C)C)ccc2c1B(O)OC2. The van der Waals surface area contributed by atoms with Crippen LogP contribution in [0.5, 0.6) is 0 Å². The van der Waals surface area contributed by atoms with Crippen LogP contribution in [0.15, 0.2) is 24.7 Å². The molecule has 1 atom stereocenters. The van der Waals surface area contributed by atoms with Crippen molar-refractivity contribution in [1.29, 1.82) is 0 Å². The van der Waals surface area contributed by atoms with Gasteiger partial charge in [-0.3, -0.25) is 4.79 Å². The van der Waals surface area contributed by atoms with E-state index < -0.39 is 25.0 Å². The van der Waals surface area contributed by atoms with Crippen LogP contribution < -0.4 is 10.8 Å². The molecule has 0 spiro atoms. The highest BCUT2D eigenvalue weighted by molar-refractivity contribution is 6.62. The number of nitrogens with zero attached hydrogens (tertiary/aromatic N) is 1. The van der Waals surface area contributed by atoms with E-state index in [1.165, 1.54) is 6.33 Å². The number of aromatic amines is 1. The largest absolute Gasteiger partial charge is 0.492 e. The number of ether oxygens (including phenoxy) is 1. The number of H-pyrrole nitrogens is 1. The van der Waals surface area contributed by atoms with Crippen LogP contribution >= 0.6 is 0 Å². The molecule has 0 aliphatic carbocycles.